The highest BCUT2D eigenvalue weighted by Crippen LogP contribution is 2.22. The predicted octanol–water partition coefficient (Wildman–Crippen LogP) is 1.45. The highest BCUT2D eigenvalue weighted by atomic mass is 16.2. The van der Waals surface area contributed by atoms with Crippen LogP contribution in [0, 0.1) is 0 Å². The Balaban J connectivity index is 1.58. The third-order valence-electron chi connectivity index (χ3n) is 4.96. The first kappa shape index (κ1) is 16.0. The first-order valence-corrected chi connectivity index (χ1v) is 8.79. The van der Waals surface area contributed by atoms with Crippen LogP contribution in [0.3, 0.4) is 0 Å². The lowest BCUT2D eigenvalue weighted by Gasteiger charge is -2.28. The zero-order valence-electron chi connectivity index (χ0n) is 13.9. The molecule has 3 rings (SSSR count). The summed E-state index contributed by atoms with van der Waals surface area (Å²) in [5.74, 6) is 1.25. The van der Waals surface area contributed by atoms with E-state index in [1.807, 2.05) is 20.6 Å². The number of aromatic nitrogens is 2. The van der Waals surface area contributed by atoms with Gasteiger partial charge in [0, 0.05) is 51.4 Å². The number of aryl methyl sites for hydroxylation is 2. The molecule has 1 aromatic rings. The molecule has 0 N–H and O–H groups in total. The molecule has 0 aromatic carbocycles. The molecule has 6 nitrogen and oxygen atoms in total. The third kappa shape index (κ3) is 3.41. The number of amides is 2. The van der Waals surface area contributed by atoms with E-state index in [0.29, 0.717) is 19.5 Å². The van der Waals surface area contributed by atoms with E-state index in [2.05, 4.69) is 11.9 Å². The van der Waals surface area contributed by atoms with E-state index in [9.17, 15) is 9.59 Å². The van der Waals surface area contributed by atoms with Gasteiger partial charge in [0.25, 0.3) is 0 Å². The van der Waals surface area contributed by atoms with Crippen LogP contribution in [0.4, 0.5) is 0 Å². The first-order chi connectivity index (χ1) is 11.2. The number of hydrogen-bond donors (Lipinski definition) is 0. The average Bonchev–Trinajstić information content (AvgIpc) is 3.32. The fraction of sp³-hybridized carbons (Fsp3) is 0.706. The molecule has 0 radical (unpaired) electrons. The van der Waals surface area contributed by atoms with Gasteiger partial charge in [0.1, 0.15) is 11.9 Å². The van der Waals surface area contributed by atoms with E-state index in [-0.39, 0.29) is 17.9 Å². The van der Waals surface area contributed by atoms with E-state index >= 15 is 0 Å². The first-order valence-electron chi connectivity index (χ1n) is 8.79. The van der Waals surface area contributed by atoms with Gasteiger partial charge in [0.05, 0.1) is 0 Å². The maximum absolute atomic E-state index is 12.6. The number of carbonyl (C=O) groups excluding carboxylic acids is 2. The Morgan fingerprint density at radius 1 is 1.22 bits per heavy atom. The summed E-state index contributed by atoms with van der Waals surface area (Å²) in [6.07, 6.45) is 8.92. The number of imidazole rings is 1. The quantitative estimate of drug-likeness (QED) is 0.825. The van der Waals surface area contributed by atoms with E-state index in [0.717, 1.165) is 51.0 Å². The maximum atomic E-state index is 12.6. The Morgan fingerprint density at radius 2 is 2.00 bits per heavy atom. The second-order valence-electron chi connectivity index (χ2n) is 6.42. The molecular weight excluding hydrogens is 292 g/mol. The van der Waals surface area contributed by atoms with Gasteiger partial charge in [-0.1, -0.05) is 6.92 Å². The molecule has 0 aliphatic carbocycles. The van der Waals surface area contributed by atoms with E-state index in [1.54, 1.807) is 6.20 Å². The Labute approximate surface area is 137 Å². The van der Waals surface area contributed by atoms with Gasteiger partial charge in [-0.3, -0.25) is 9.59 Å². The van der Waals surface area contributed by atoms with Crippen molar-refractivity contribution < 1.29 is 9.59 Å². The SMILES string of the molecule is CCc1nccn1CCC(=O)N1CCC[C@H]1C(=O)N1CCCC1. The topological polar surface area (TPSA) is 58.4 Å². The summed E-state index contributed by atoms with van der Waals surface area (Å²) in [5.41, 5.74) is 0. The summed E-state index contributed by atoms with van der Waals surface area (Å²) < 4.78 is 2.03. The highest BCUT2D eigenvalue weighted by Gasteiger charge is 2.36. The van der Waals surface area contributed by atoms with Crippen molar-refractivity contribution in [2.45, 2.75) is 58.0 Å². The average molecular weight is 318 g/mol. The smallest absolute Gasteiger partial charge is 0.245 e. The van der Waals surface area contributed by atoms with Crippen molar-refractivity contribution in [2.75, 3.05) is 19.6 Å². The number of carbonyl (C=O) groups is 2. The predicted molar refractivity (Wildman–Crippen MR) is 86.8 cm³/mol. The maximum Gasteiger partial charge on any atom is 0.245 e. The van der Waals surface area contributed by atoms with Crippen LogP contribution in [0.5, 0.6) is 0 Å². The molecule has 2 amide bonds. The number of rotatable bonds is 5. The van der Waals surface area contributed by atoms with Gasteiger partial charge in [0.2, 0.25) is 11.8 Å². The van der Waals surface area contributed by atoms with Gasteiger partial charge < -0.3 is 14.4 Å². The molecular formula is C17H26N4O2. The molecule has 0 unspecified atom stereocenters. The summed E-state index contributed by atoms with van der Waals surface area (Å²) in [7, 11) is 0. The molecule has 2 fully saturated rings. The molecule has 0 spiro atoms. The molecule has 1 aromatic heterocycles. The van der Waals surface area contributed by atoms with Gasteiger partial charge in [-0.15, -0.1) is 0 Å². The lowest BCUT2D eigenvalue weighted by molar-refractivity contribution is -0.143. The molecule has 23 heavy (non-hydrogen) atoms. The number of likely N-dealkylation sites (tertiary alicyclic amines) is 2. The lowest BCUT2D eigenvalue weighted by atomic mass is 10.2. The number of nitrogens with zero attached hydrogens (tertiary/aromatic N) is 4. The minimum absolute atomic E-state index is 0.0933. The largest absolute Gasteiger partial charge is 0.341 e. The summed E-state index contributed by atoms with van der Waals surface area (Å²) in [6, 6.07) is -0.228. The van der Waals surface area contributed by atoms with Crippen LogP contribution in [0.15, 0.2) is 12.4 Å². The van der Waals surface area contributed by atoms with E-state index < -0.39 is 0 Å². The highest BCUT2D eigenvalue weighted by molar-refractivity contribution is 5.88. The number of hydrogen-bond acceptors (Lipinski definition) is 3. The van der Waals surface area contributed by atoms with Crippen molar-refractivity contribution in [1.29, 1.82) is 0 Å². The summed E-state index contributed by atoms with van der Waals surface area (Å²) >= 11 is 0. The molecule has 0 saturated carbocycles. The fourth-order valence-electron chi connectivity index (χ4n) is 3.69. The van der Waals surface area contributed by atoms with Crippen molar-refractivity contribution in [3.8, 4) is 0 Å². The molecule has 3 heterocycles. The molecule has 6 heteroatoms. The van der Waals surface area contributed by atoms with Gasteiger partial charge in [-0.25, -0.2) is 4.98 Å². The second kappa shape index (κ2) is 7.15. The molecule has 0 bridgehead atoms. The van der Waals surface area contributed by atoms with Gasteiger partial charge in [-0.2, -0.15) is 0 Å². The molecule has 2 saturated heterocycles. The molecule has 1 atom stereocenters. The summed E-state index contributed by atoms with van der Waals surface area (Å²) in [6.45, 7) is 5.13. The van der Waals surface area contributed by atoms with Crippen LogP contribution < -0.4 is 0 Å². The van der Waals surface area contributed by atoms with Crippen molar-refractivity contribution in [2.24, 2.45) is 0 Å². The monoisotopic (exact) mass is 318 g/mol. The van der Waals surface area contributed by atoms with Crippen LogP contribution in [0.25, 0.3) is 0 Å². The second-order valence-corrected chi connectivity index (χ2v) is 6.42. The Kier molecular flexibility index (Phi) is 4.98. The molecule has 126 valence electrons. The minimum Gasteiger partial charge on any atom is -0.341 e. The Morgan fingerprint density at radius 3 is 2.74 bits per heavy atom. The van der Waals surface area contributed by atoms with Gasteiger partial charge in [-0.05, 0) is 25.7 Å². The Hall–Kier alpha value is -1.85. The molecule has 2 aliphatic heterocycles. The summed E-state index contributed by atoms with van der Waals surface area (Å²) in [4.78, 5) is 33.2. The summed E-state index contributed by atoms with van der Waals surface area (Å²) in [5, 5.41) is 0. The van der Waals surface area contributed by atoms with Crippen LogP contribution in [-0.2, 0) is 22.6 Å². The zero-order chi connectivity index (χ0) is 16.2. The van der Waals surface area contributed by atoms with Crippen LogP contribution in [0.2, 0.25) is 0 Å². The van der Waals surface area contributed by atoms with Gasteiger partial charge >= 0.3 is 0 Å². The Bertz CT molecular complexity index is 563. The van der Waals surface area contributed by atoms with Crippen molar-refractivity contribution in [1.82, 2.24) is 19.4 Å². The van der Waals surface area contributed by atoms with Crippen LogP contribution >= 0.6 is 0 Å². The van der Waals surface area contributed by atoms with Gasteiger partial charge in [0.15, 0.2) is 0 Å². The standard InChI is InChI=1S/C17H26N4O2/c1-2-15-18-8-13-19(15)12-7-16(22)21-11-5-6-14(21)17(23)20-9-3-4-10-20/h8,13-14H,2-7,9-12H2,1H3/t14-/m0/s1. The van der Waals surface area contributed by atoms with E-state index in [1.165, 1.54) is 0 Å². The van der Waals surface area contributed by atoms with Crippen molar-refractivity contribution >= 4 is 11.8 Å². The zero-order valence-corrected chi connectivity index (χ0v) is 13.9. The van der Waals surface area contributed by atoms with Crippen LogP contribution in [0.1, 0.15) is 44.9 Å². The molecule has 2 aliphatic rings. The normalized spacial score (nSPS) is 21.2. The fourth-order valence-corrected chi connectivity index (χ4v) is 3.69. The van der Waals surface area contributed by atoms with E-state index in [4.69, 9.17) is 0 Å². The minimum atomic E-state index is -0.228. The van der Waals surface area contributed by atoms with Crippen LogP contribution in [-0.4, -0.2) is 56.8 Å². The third-order valence-corrected chi connectivity index (χ3v) is 4.96. The lowest BCUT2D eigenvalue weighted by Crippen LogP contribution is -2.47. The van der Waals surface area contributed by atoms with Crippen molar-refractivity contribution in [3.05, 3.63) is 18.2 Å². The van der Waals surface area contributed by atoms with Crippen molar-refractivity contribution in [3.63, 3.8) is 0 Å².